The molecular weight excluding hydrogens is 316 g/mol. The summed E-state index contributed by atoms with van der Waals surface area (Å²) in [6.45, 7) is 9.26. The summed E-state index contributed by atoms with van der Waals surface area (Å²) in [4.78, 5) is 17.7. The first-order valence-corrected chi connectivity index (χ1v) is 9.07. The quantitative estimate of drug-likeness (QED) is 0.677. The summed E-state index contributed by atoms with van der Waals surface area (Å²) < 4.78 is 3.35. The first kappa shape index (κ1) is 16.7. The van der Waals surface area contributed by atoms with Crippen LogP contribution in [0.5, 0.6) is 0 Å². The molecule has 3 nitrogen and oxygen atoms in total. The highest BCUT2D eigenvalue weighted by atomic mass is 32.1. The molecule has 0 N–H and O–H groups in total. The Hall–Kier alpha value is -2.20. The van der Waals surface area contributed by atoms with Gasteiger partial charge in [0.1, 0.15) is 0 Å². The van der Waals surface area contributed by atoms with E-state index in [9.17, 15) is 4.79 Å². The van der Waals surface area contributed by atoms with Crippen LogP contribution in [0, 0.1) is 20.8 Å². The molecule has 4 heteroatoms. The molecule has 124 valence electrons. The Bertz CT molecular complexity index is 962. The standard InChI is InChI=1S/C20H22N2OS/c1-5-10-22-17-11-14(3)15(4)12-18(17)24-20(22)21-19(23)16-8-6-13(2)7-9-16/h6-9,11-12H,5,10H2,1-4H3. The smallest absolute Gasteiger partial charge is 0.279 e. The molecule has 3 rings (SSSR count). The summed E-state index contributed by atoms with van der Waals surface area (Å²) in [5.41, 5.74) is 5.47. The fourth-order valence-electron chi connectivity index (χ4n) is 2.69. The Kier molecular flexibility index (Phi) is 4.67. The van der Waals surface area contributed by atoms with E-state index in [0.717, 1.165) is 23.3 Å². The van der Waals surface area contributed by atoms with Crippen LogP contribution in [-0.2, 0) is 6.54 Å². The van der Waals surface area contributed by atoms with Crippen LogP contribution >= 0.6 is 11.3 Å². The zero-order valence-corrected chi connectivity index (χ0v) is 15.4. The highest BCUT2D eigenvalue weighted by molar-refractivity contribution is 7.16. The number of benzene rings is 2. The van der Waals surface area contributed by atoms with Crippen molar-refractivity contribution in [3.05, 3.63) is 63.5 Å². The molecular formula is C20H22N2OS. The largest absolute Gasteiger partial charge is 0.316 e. The maximum atomic E-state index is 12.5. The molecule has 0 aliphatic heterocycles. The maximum absolute atomic E-state index is 12.5. The molecule has 1 amide bonds. The first-order valence-electron chi connectivity index (χ1n) is 8.26. The van der Waals surface area contributed by atoms with Gasteiger partial charge < -0.3 is 4.57 Å². The lowest BCUT2D eigenvalue weighted by atomic mass is 10.1. The fraction of sp³-hybridized carbons (Fsp3) is 0.300. The van der Waals surface area contributed by atoms with Gasteiger partial charge in [-0.1, -0.05) is 36.0 Å². The molecule has 0 aliphatic rings. The molecule has 0 fully saturated rings. The van der Waals surface area contributed by atoms with Crippen LogP contribution in [-0.4, -0.2) is 10.5 Å². The minimum Gasteiger partial charge on any atom is -0.316 e. The Morgan fingerprint density at radius 1 is 1.08 bits per heavy atom. The Morgan fingerprint density at radius 3 is 2.42 bits per heavy atom. The minimum absolute atomic E-state index is 0.181. The zero-order valence-electron chi connectivity index (χ0n) is 14.6. The summed E-state index contributed by atoms with van der Waals surface area (Å²) in [6, 6.07) is 12.0. The second-order valence-electron chi connectivity index (χ2n) is 6.22. The number of thiazole rings is 1. The molecule has 0 unspecified atom stereocenters. The van der Waals surface area contributed by atoms with Crippen LogP contribution in [0.2, 0.25) is 0 Å². The number of carbonyl (C=O) groups excluding carboxylic acids is 1. The SMILES string of the molecule is CCCn1c(=NC(=O)c2ccc(C)cc2)sc2cc(C)c(C)cc21. The van der Waals surface area contributed by atoms with E-state index in [0.29, 0.717) is 5.56 Å². The molecule has 0 saturated carbocycles. The third-order valence-electron chi connectivity index (χ3n) is 4.24. The second kappa shape index (κ2) is 6.73. The van der Waals surface area contributed by atoms with Gasteiger partial charge in [-0.15, -0.1) is 0 Å². The predicted octanol–water partition coefficient (Wildman–Crippen LogP) is 4.78. The van der Waals surface area contributed by atoms with E-state index in [1.807, 2.05) is 31.2 Å². The van der Waals surface area contributed by atoms with Gasteiger partial charge in [-0.05, 0) is 62.6 Å². The van der Waals surface area contributed by atoms with Crippen molar-refractivity contribution in [2.24, 2.45) is 4.99 Å². The van der Waals surface area contributed by atoms with Crippen LogP contribution in [0.3, 0.4) is 0 Å². The molecule has 1 aromatic heterocycles. The normalized spacial score (nSPS) is 12.1. The van der Waals surface area contributed by atoms with Crippen LogP contribution in [0.4, 0.5) is 0 Å². The third-order valence-corrected chi connectivity index (χ3v) is 5.28. The molecule has 2 aromatic carbocycles. The molecule has 0 atom stereocenters. The van der Waals surface area contributed by atoms with Crippen LogP contribution in [0.15, 0.2) is 41.4 Å². The lowest BCUT2D eigenvalue weighted by Crippen LogP contribution is -2.16. The third kappa shape index (κ3) is 3.20. The van der Waals surface area contributed by atoms with Gasteiger partial charge in [-0.25, -0.2) is 0 Å². The summed E-state index contributed by atoms with van der Waals surface area (Å²) in [7, 11) is 0. The molecule has 0 spiro atoms. The monoisotopic (exact) mass is 338 g/mol. The van der Waals surface area contributed by atoms with Crippen molar-refractivity contribution in [2.75, 3.05) is 0 Å². The summed E-state index contributed by atoms with van der Waals surface area (Å²) in [5, 5.41) is 0. The molecule has 0 aliphatic carbocycles. The van der Waals surface area contributed by atoms with E-state index in [-0.39, 0.29) is 5.91 Å². The zero-order chi connectivity index (χ0) is 17.3. The van der Waals surface area contributed by atoms with Crippen LogP contribution in [0.25, 0.3) is 10.2 Å². The van der Waals surface area contributed by atoms with Crippen LogP contribution < -0.4 is 4.80 Å². The lowest BCUT2D eigenvalue weighted by molar-refractivity contribution is 0.0998. The number of fused-ring (bicyclic) bond motifs is 1. The van der Waals surface area contributed by atoms with Crippen LogP contribution in [0.1, 0.15) is 40.4 Å². The van der Waals surface area contributed by atoms with Crippen molar-refractivity contribution >= 4 is 27.5 Å². The molecule has 24 heavy (non-hydrogen) atoms. The molecule has 0 saturated heterocycles. The number of aryl methyl sites for hydroxylation is 4. The van der Waals surface area contributed by atoms with Crippen molar-refractivity contribution in [3.63, 3.8) is 0 Å². The number of hydrogen-bond acceptors (Lipinski definition) is 2. The molecule has 1 heterocycles. The number of aromatic nitrogens is 1. The number of rotatable bonds is 3. The second-order valence-corrected chi connectivity index (χ2v) is 7.23. The fourth-order valence-corrected chi connectivity index (χ4v) is 3.83. The minimum atomic E-state index is -0.181. The lowest BCUT2D eigenvalue weighted by Gasteiger charge is -2.05. The Morgan fingerprint density at radius 2 is 1.75 bits per heavy atom. The van der Waals surface area contributed by atoms with Gasteiger partial charge in [0.2, 0.25) is 0 Å². The molecule has 3 aromatic rings. The van der Waals surface area contributed by atoms with Gasteiger partial charge in [-0.2, -0.15) is 4.99 Å². The van der Waals surface area contributed by atoms with Crippen molar-refractivity contribution in [3.8, 4) is 0 Å². The van der Waals surface area contributed by atoms with E-state index >= 15 is 0 Å². The number of hydrogen-bond donors (Lipinski definition) is 0. The van der Waals surface area contributed by atoms with Gasteiger partial charge in [0.05, 0.1) is 10.2 Å². The van der Waals surface area contributed by atoms with Crippen molar-refractivity contribution in [1.29, 1.82) is 0 Å². The summed E-state index contributed by atoms with van der Waals surface area (Å²) >= 11 is 1.59. The average molecular weight is 338 g/mol. The van der Waals surface area contributed by atoms with E-state index in [2.05, 4.69) is 42.5 Å². The van der Waals surface area contributed by atoms with Gasteiger partial charge in [-0.3, -0.25) is 4.79 Å². The highest BCUT2D eigenvalue weighted by Gasteiger charge is 2.10. The summed E-state index contributed by atoms with van der Waals surface area (Å²) in [6.07, 6.45) is 1.00. The van der Waals surface area contributed by atoms with E-state index < -0.39 is 0 Å². The number of nitrogens with zero attached hydrogens (tertiary/aromatic N) is 2. The predicted molar refractivity (Wildman–Crippen MR) is 101 cm³/mol. The van der Waals surface area contributed by atoms with Gasteiger partial charge in [0.15, 0.2) is 4.80 Å². The van der Waals surface area contributed by atoms with Crippen molar-refractivity contribution in [2.45, 2.75) is 40.7 Å². The summed E-state index contributed by atoms with van der Waals surface area (Å²) in [5.74, 6) is -0.181. The first-order chi connectivity index (χ1) is 11.5. The highest BCUT2D eigenvalue weighted by Crippen LogP contribution is 2.22. The van der Waals surface area contributed by atoms with Gasteiger partial charge in [0.25, 0.3) is 5.91 Å². The van der Waals surface area contributed by atoms with E-state index in [4.69, 9.17) is 0 Å². The van der Waals surface area contributed by atoms with E-state index in [1.54, 1.807) is 11.3 Å². The van der Waals surface area contributed by atoms with Gasteiger partial charge in [0, 0.05) is 12.1 Å². The molecule has 0 radical (unpaired) electrons. The Balaban J connectivity index is 2.15. The topological polar surface area (TPSA) is 34.4 Å². The van der Waals surface area contributed by atoms with Crippen molar-refractivity contribution < 1.29 is 4.79 Å². The number of amides is 1. The maximum Gasteiger partial charge on any atom is 0.279 e. The molecule has 0 bridgehead atoms. The van der Waals surface area contributed by atoms with E-state index in [1.165, 1.54) is 21.3 Å². The van der Waals surface area contributed by atoms with Crippen molar-refractivity contribution in [1.82, 2.24) is 4.57 Å². The average Bonchev–Trinajstić information content (AvgIpc) is 2.86. The van der Waals surface area contributed by atoms with Gasteiger partial charge >= 0.3 is 0 Å². The Labute approximate surface area is 146 Å². The number of carbonyl (C=O) groups is 1.